The van der Waals surface area contributed by atoms with Crippen LogP contribution in [-0.2, 0) is 0 Å². The molecule has 0 heterocycles. The maximum Gasteiger partial charge on any atom is 0.000294 e. The van der Waals surface area contributed by atoms with Crippen LogP contribution < -0.4 is 0 Å². The molecule has 0 radical (unpaired) electrons. The molecule has 0 amide bonds. The first-order valence-corrected chi connectivity index (χ1v) is 4.13. The summed E-state index contributed by atoms with van der Waals surface area (Å²) in [6, 6.07) is 0. The molecule has 1 atom stereocenters. The smallest absolute Gasteiger partial charge is 0.000294 e. The van der Waals surface area contributed by atoms with E-state index in [2.05, 4.69) is 26.0 Å². The monoisotopic (exact) mass is 151 g/mol. The van der Waals surface area contributed by atoms with Crippen LogP contribution in [0.2, 0.25) is 0 Å². The van der Waals surface area contributed by atoms with Gasteiger partial charge in [0.15, 0.2) is 0 Å². The van der Waals surface area contributed by atoms with Crippen LogP contribution in [0.3, 0.4) is 0 Å². The maximum absolute atomic E-state index is 6.76. The van der Waals surface area contributed by atoms with Crippen LogP contribution in [0.25, 0.3) is 0 Å². The van der Waals surface area contributed by atoms with Crippen LogP contribution in [0.4, 0.5) is 0 Å². The molecule has 0 aromatic heterocycles. The van der Waals surface area contributed by atoms with Gasteiger partial charge in [-0.25, -0.2) is 0 Å². The van der Waals surface area contributed by atoms with E-state index in [1.807, 2.05) is 12.2 Å². The average Bonchev–Trinajstić information content (AvgIpc) is 2.04. The third-order valence-corrected chi connectivity index (χ3v) is 1.58. The lowest BCUT2D eigenvalue weighted by molar-refractivity contribution is 0.698. The van der Waals surface area contributed by atoms with Crippen LogP contribution in [0.15, 0.2) is 24.3 Å². The van der Waals surface area contributed by atoms with Gasteiger partial charge >= 0.3 is 0 Å². The molecule has 1 nitrogen and oxygen atoms in total. The highest BCUT2D eigenvalue weighted by atomic mass is 14.3. The van der Waals surface area contributed by atoms with Crippen molar-refractivity contribution in [3.8, 4) is 0 Å². The second-order valence-electron chi connectivity index (χ2n) is 2.64. The molecule has 0 aromatic carbocycles. The molecule has 0 saturated carbocycles. The van der Waals surface area contributed by atoms with Crippen LogP contribution in [0, 0.1) is 11.3 Å². The number of rotatable bonds is 5. The summed E-state index contributed by atoms with van der Waals surface area (Å²) in [6.45, 7) is 4.37. The summed E-state index contributed by atoms with van der Waals surface area (Å²) in [5, 5.41) is 6.76. The van der Waals surface area contributed by atoms with E-state index in [9.17, 15) is 0 Å². The highest BCUT2D eigenvalue weighted by Gasteiger charge is 1.86. The van der Waals surface area contributed by atoms with Crippen molar-refractivity contribution in [1.29, 1.82) is 5.41 Å². The topological polar surface area (TPSA) is 23.9 Å². The summed E-state index contributed by atoms with van der Waals surface area (Å²) in [6.07, 6.45) is 11.5. The molecule has 1 unspecified atom stereocenters. The van der Waals surface area contributed by atoms with Gasteiger partial charge in [0.05, 0.1) is 0 Å². The van der Waals surface area contributed by atoms with Gasteiger partial charge in [-0.05, 0) is 12.1 Å². The van der Waals surface area contributed by atoms with Crippen molar-refractivity contribution in [3.63, 3.8) is 0 Å². The van der Waals surface area contributed by atoms with Crippen molar-refractivity contribution in [2.75, 3.05) is 0 Å². The molecule has 0 aliphatic heterocycles. The first kappa shape index (κ1) is 10.2. The van der Waals surface area contributed by atoms with E-state index in [-0.39, 0.29) is 0 Å². The van der Waals surface area contributed by atoms with Crippen molar-refractivity contribution in [3.05, 3.63) is 24.3 Å². The number of nitrogens with one attached hydrogen (secondary N) is 1. The third kappa shape index (κ3) is 7.04. The van der Waals surface area contributed by atoms with Crippen molar-refractivity contribution in [2.24, 2.45) is 5.92 Å². The van der Waals surface area contributed by atoms with Gasteiger partial charge in [0, 0.05) is 6.42 Å². The highest BCUT2D eigenvalue weighted by Crippen LogP contribution is 2.01. The van der Waals surface area contributed by atoms with E-state index in [0.717, 1.165) is 6.42 Å². The molecule has 0 rings (SSSR count). The molecule has 0 fully saturated rings. The molecule has 0 spiro atoms. The largest absolute Gasteiger partial charge is 0.313 e. The standard InChI is InChI=1S/C10H17N/c1-3-10(2)8-6-4-5-7-9-11/h4-6,8-11H,3,7H2,1-2H3/b5-4-,8-6-,11-9?. The van der Waals surface area contributed by atoms with Crippen molar-refractivity contribution < 1.29 is 0 Å². The Balaban J connectivity index is 3.49. The minimum Gasteiger partial charge on any atom is -0.313 e. The Morgan fingerprint density at radius 2 is 2.09 bits per heavy atom. The summed E-state index contributed by atoms with van der Waals surface area (Å²) >= 11 is 0. The van der Waals surface area contributed by atoms with E-state index in [1.54, 1.807) is 0 Å². The zero-order chi connectivity index (χ0) is 8.53. The molecule has 0 bridgehead atoms. The summed E-state index contributed by atoms with van der Waals surface area (Å²) in [7, 11) is 0. The van der Waals surface area contributed by atoms with Crippen LogP contribution in [0.1, 0.15) is 26.7 Å². The van der Waals surface area contributed by atoms with Gasteiger partial charge < -0.3 is 5.41 Å². The quantitative estimate of drug-likeness (QED) is 0.461. The predicted molar refractivity (Wildman–Crippen MR) is 51.1 cm³/mol. The second kappa shape index (κ2) is 7.26. The SMILES string of the molecule is CCC(C)/C=C\C=C/CC=N. The van der Waals surface area contributed by atoms with E-state index >= 15 is 0 Å². The minimum atomic E-state index is 0.666. The minimum absolute atomic E-state index is 0.666. The van der Waals surface area contributed by atoms with Crippen molar-refractivity contribution in [2.45, 2.75) is 26.7 Å². The average molecular weight is 151 g/mol. The van der Waals surface area contributed by atoms with Crippen LogP contribution in [-0.4, -0.2) is 6.21 Å². The molecule has 1 N–H and O–H groups in total. The lowest BCUT2D eigenvalue weighted by atomic mass is 10.1. The number of hydrogen-bond acceptors (Lipinski definition) is 1. The molecule has 62 valence electrons. The van der Waals surface area contributed by atoms with Crippen molar-refractivity contribution in [1.82, 2.24) is 0 Å². The molecule has 0 aliphatic rings. The lowest BCUT2D eigenvalue weighted by Crippen LogP contribution is -1.82. The number of allylic oxidation sites excluding steroid dienone is 4. The molecular formula is C10H17N. The van der Waals surface area contributed by atoms with Gasteiger partial charge in [0.25, 0.3) is 0 Å². The highest BCUT2D eigenvalue weighted by molar-refractivity contribution is 5.55. The van der Waals surface area contributed by atoms with Gasteiger partial charge in [-0.2, -0.15) is 0 Å². The zero-order valence-corrected chi connectivity index (χ0v) is 7.38. The van der Waals surface area contributed by atoms with Gasteiger partial charge in [-0.3, -0.25) is 0 Å². The van der Waals surface area contributed by atoms with Crippen LogP contribution >= 0.6 is 0 Å². The lowest BCUT2D eigenvalue weighted by Gasteiger charge is -1.96. The first-order valence-electron chi connectivity index (χ1n) is 4.13. The Bertz CT molecular complexity index is 145. The summed E-state index contributed by atoms with van der Waals surface area (Å²) in [5.74, 6) is 0.666. The molecule has 11 heavy (non-hydrogen) atoms. The Morgan fingerprint density at radius 3 is 2.64 bits per heavy atom. The Kier molecular flexibility index (Phi) is 6.70. The maximum atomic E-state index is 6.76. The molecule has 0 aliphatic carbocycles. The summed E-state index contributed by atoms with van der Waals surface area (Å²) in [5.41, 5.74) is 0. The summed E-state index contributed by atoms with van der Waals surface area (Å²) in [4.78, 5) is 0. The molecular weight excluding hydrogens is 134 g/mol. The Morgan fingerprint density at radius 1 is 1.36 bits per heavy atom. The second-order valence-corrected chi connectivity index (χ2v) is 2.64. The van der Waals surface area contributed by atoms with E-state index < -0.39 is 0 Å². The Labute approximate surface area is 69.3 Å². The summed E-state index contributed by atoms with van der Waals surface area (Å²) < 4.78 is 0. The predicted octanol–water partition coefficient (Wildman–Crippen LogP) is 3.18. The van der Waals surface area contributed by atoms with Gasteiger partial charge in [-0.15, -0.1) is 0 Å². The van der Waals surface area contributed by atoms with E-state index in [1.165, 1.54) is 12.6 Å². The van der Waals surface area contributed by atoms with Gasteiger partial charge in [0.1, 0.15) is 0 Å². The number of hydrogen-bond donors (Lipinski definition) is 1. The molecule has 0 saturated heterocycles. The first-order chi connectivity index (χ1) is 5.31. The van der Waals surface area contributed by atoms with Crippen molar-refractivity contribution >= 4 is 6.21 Å². The fourth-order valence-corrected chi connectivity index (χ4v) is 0.615. The fraction of sp³-hybridized carbons (Fsp3) is 0.500. The van der Waals surface area contributed by atoms with Gasteiger partial charge in [-0.1, -0.05) is 44.6 Å². The van der Waals surface area contributed by atoms with Gasteiger partial charge in [0.2, 0.25) is 0 Å². The fourth-order valence-electron chi connectivity index (χ4n) is 0.615. The zero-order valence-electron chi connectivity index (χ0n) is 7.38. The molecule has 1 heteroatoms. The normalized spacial score (nSPS) is 14.4. The third-order valence-electron chi connectivity index (χ3n) is 1.58. The molecule has 0 aromatic rings. The van der Waals surface area contributed by atoms with Crippen LogP contribution in [0.5, 0.6) is 0 Å². The van der Waals surface area contributed by atoms with E-state index in [4.69, 9.17) is 5.41 Å². The Hall–Kier alpha value is -0.850. The van der Waals surface area contributed by atoms with E-state index in [0.29, 0.717) is 5.92 Å².